The van der Waals surface area contributed by atoms with Gasteiger partial charge < -0.3 is 14.2 Å². The molecule has 0 N–H and O–H groups in total. The lowest BCUT2D eigenvalue weighted by Crippen LogP contribution is -2.30. The van der Waals surface area contributed by atoms with E-state index in [2.05, 4.69) is 81.5 Å². The fourth-order valence-corrected chi connectivity index (χ4v) is 10.7. The third-order valence-corrected chi connectivity index (χ3v) is 16.0. The summed E-state index contributed by atoms with van der Waals surface area (Å²) in [6.07, 6.45) is 89.9. The summed E-state index contributed by atoms with van der Waals surface area (Å²) in [5, 5.41) is 0. The van der Waals surface area contributed by atoms with Crippen molar-refractivity contribution in [3.05, 3.63) is 60.8 Å². The molecule has 0 heterocycles. The molecule has 0 aromatic carbocycles. The Labute approximate surface area is 504 Å². The summed E-state index contributed by atoms with van der Waals surface area (Å²) in [4.78, 5) is 38.4. The van der Waals surface area contributed by atoms with Gasteiger partial charge in [-0.2, -0.15) is 0 Å². The van der Waals surface area contributed by atoms with Crippen molar-refractivity contribution in [1.29, 1.82) is 0 Å². The highest BCUT2D eigenvalue weighted by Crippen LogP contribution is 2.19. The molecule has 0 radical (unpaired) electrons. The number of rotatable bonds is 66. The maximum atomic E-state index is 12.9. The molecular weight excluding hydrogens is 997 g/mol. The summed E-state index contributed by atoms with van der Waals surface area (Å²) in [6, 6.07) is 0. The zero-order valence-corrected chi connectivity index (χ0v) is 54.3. The largest absolute Gasteiger partial charge is 0.462 e. The molecule has 1 atom stereocenters. The summed E-state index contributed by atoms with van der Waals surface area (Å²) in [5.41, 5.74) is 0. The lowest BCUT2D eigenvalue weighted by Gasteiger charge is -2.18. The molecule has 81 heavy (non-hydrogen) atoms. The molecule has 0 fully saturated rings. The van der Waals surface area contributed by atoms with E-state index in [1.165, 1.54) is 257 Å². The lowest BCUT2D eigenvalue weighted by atomic mass is 10.0. The molecule has 0 spiro atoms. The van der Waals surface area contributed by atoms with E-state index in [1.54, 1.807) is 0 Å². The lowest BCUT2D eigenvalue weighted by molar-refractivity contribution is -0.167. The zero-order chi connectivity index (χ0) is 58.5. The van der Waals surface area contributed by atoms with Gasteiger partial charge in [0.15, 0.2) is 6.10 Å². The predicted octanol–water partition coefficient (Wildman–Crippen LogP) is 24.7. The van der Waals surface area contributed by atoms with Crippen molar-refractivity contribution in [1.82, 2.24) is 0 Å². The van der Waals surface area contributed by atoms with E-state index in [-0.39, 0.29) is 31.1 Å². The maximum absolute atomic E-state index is 12.9. The van der Waals surface area contributed by atoms with Crippen LogP contribution in [0, 0.1) is 0 Å². The van der Waals surface area contributed by atoms with Gasteiger partial charge in [-0.15, -0.1) is 0 Å². The van der Waals surface area contributed by atoms with Crippen molar-refractivity contribution >= 4 is 17.9 Å². The molecule has 1 unspecified atom stereocenters. The number of unbranched alkanes of at least 4 members (excludes halogenated alkanes) is 45. The van der Waals surface area contributed by atoms with Gasteiger partial charge in [-0.25, -0.2) is 0 Å². The van der Waals surface area contributed by atoms with Crippen LogP contribution in [0.3, 0.4) is 0 Å². The smallest absolute Gasteiger partial charge is 0.306 e. The Balaban J connectivity index is 4.19. The highest BCUT2D eigenvalue weighted by molar-refractivity contribution is 5.71. The third-order valence-electron chi connectivity index (χ3n) is 16.0. The summed E-state index contributed by atoms with van der Waals surface area (Å²) in [7, 11) is 0. The van der Waals surface area contributed by atoms with Gasteiger partial charge in [0.2, 0.25) is 0 Å². The minimum absolute atomic E-state index is 0.0858. The quantitative estimate of drug-likeness (QED) is 0.0261. The summed E-state index contributed by atoms with van der Waals surface area (Å²) in [6.45, 7) is 6.54. The van der Waals surface area contributed by atoms with Gasteiger partial charge in [-0.05, 0) is 83.5 Å². The van der Waals surface area contributed by atoms with E-state index in [0.29, 0.717) is 19.3 Å². The van der Waals surface area contributed by atoms with E-state index in [1.807, 2.05) is 0 Å². The van der Waals surface area contributed by atoms with E-state index >= 15 is 0 Å². The third kappa shape index (κ3) is 67.8. The second-order valence-electron chi connectivity index (χ2n) is 24.1. The SMILES string of the molecule is CC/C=C\C/C=C\C/C=C\C/C=C\CCCCC(=O)OCC(COC(=O)CCCCCCCCCCCCCCCCCCCCCCCCCCCCCCCCC)OC(=O)CCCCCCCCC/C=C\CCCCCCCC. The van der Waals surface area contributed by atoms with Crippen LogP contribution in [0.2, 0.25) is 0 Å². The van der Waals surface area contributed by atoms with E-state index in [9.17, 15) is 14.4 Å². The van der Waals surface area contributed by atoms with Crippen LogP contribution in [0.5, 0.6) is 0 Å². The first-order valence-corrected chi connectivity index (χ1v) is 35.8. The van der Waals surface area contributed by atoms with E-state index < -0.39 is 6.10 Å². The molecule has 6 heteroatoms. The van der Waals surface area contributed by atoms with Gasteiger partial charge in [0, 0.05) is 19.3 Å². The minimum atomic E-state index is -0.794. The Morgan fingerprint density at radius 2 is 0.481 bits per heavy atom. The van der Waals surface area contributed by atoms with Crippen LogP contribution in [-0.2, 0) is 28.6 Å². The number of carbonyl (C=O) groups is 3. The van der Waals surface area contributed by atoms with Crippen LogP contribution in [0.4, 0.5) is 0 Å². The number of hydrogen-bond acceptors (Lipinski definition) is 6. The molecule has 0 aliphatic heterocycles. The zero-order valence-electron chi connectivity index (χ0n) is 54.3. The van der Waals surface area contributed by atoms with Crippen molar-refractivity contribution in [2.75, 3.05) is 13.2 Å². The average Bonchev–Trinajstić information content (AvgIpc) is 3.47. The van der Waals surface area contributed by atoms with Crippen LogP contribution < -0.4 is 0 Å². The highest BCUT2D eigenvalue weighted by Gasteiger charge is 2.19. The molecule has 0 bridgehead atoms. The predicted molar refractivity (Wildman–Crippen MR) is 353 cm³/mol. The Morgan fingerprint density at radius 3 is 0.790 bits per heavy atom. The van der Waals surface area contributed by atoms with Crippen LogP contribution in [0.1, 0.15) is 380 Å². The fourth-order valence-electron chi connectivity index (χ4n) is 10.7. The monoisotopic (exact) mass is 1130 g/mol. The van der Waals surface area contributed by atoms with Crippen molar-refractivity contribution in [3.8, 4) is 0 Å². The molecule has 0 amide bonds. The Hall–Kier alpha value is -2.89. The minimum Gasteiger partial charge on any atom is -0.462 e. The first-order valence-electron chi connectivity index (χ1n) is 35.8. The Morgan fingerprint density at radius 1 is 0.259 bits per heavy atom. The van der Waals surface area contributed by atoms with Crippen molar-refractivity contribution in [2.45, 2.75) is 386 Å². The van der Waals surface area contributed by atoms with Crippen LogP contribution in [0.15, 0.2) is 60.8 Å². The molecule has 0 saturated heterocycles. The molecule has 0 rings (SSSR count). The van der Waals surface area contributed by atoms with Gasteiger partial charge in [0.1, 0.15) is 13.2 Å². The highest BCUT2D eigenvalue weighted by atomic mass is 16.6. The molecule has 6 nitrogen and oxygen atoms in total. The second-order valence-corrected chi connectivity index (χ2v) is 24.1. The number of allylic oxidation sites excluding steroid dienone is 10. The van der Waals surface area contributed by atoms with Gasteiger partial charge in [0.25, 0.3) is 0 Å². The van der Waals surface area contributed by atoms with Crippen molar-refractivity contribution in [2.24, 2.45) is 0 Å². The topological polar surface area (TPSA) is 78.9 Å². The maximum Gasteiger partial charge on any atom is 0.306 e. The number of esters is 3. The number of hydrogen-bond donors (Lipinski definition) is 0. The summed E-state index contributed by atoms with van der Waals surface area (Å²) < 4.78 is 16.9. The Kier molecular flexibility index (Phi) is 67.1. The molecule has 0 aromatic heterocycles. The standard InChI is InChI=1S/C75H136O6/c1-4-7-10-13-16-19-22-25-28-30-31-32-33-34-35-36-37-38-39-40-41-42-43-45-47-50-53-56-59-62-65-68-74(77)80-71-72(70-79-73(76)67-64-61-58-55-52-49-46-27-24-21-18-15-12-9-6-3)81-75(78)69-66-63-60-57-54-51-48-44-29-26-23-20-17-14-11-8-5-2/h9,12,18,21,26-27,29,46,52,55,72H,4-8,10-11,13-17,19-20,22-25,28,30-45,47-51,53-54,56-71H2,1-3H3/b12-9-,21-18-,29-26-,46-27-,55-52-. The first kappa shape index (κ1) is 78.1. The number of carbonyl (C=O) groups excluding carboxylic acids is 3. The molecule has 0 aliphatic carbocycles. The van der Waals surface area contributed by atoms with Crippen LogP contribution in [0.25, 0.3) is 0 Å². The summed E-state index contributed by atoms with van der Waals surface area (Å²) >= 11 is 0. The van der Waals surface area contributed by atoms with E-state index in [4.69, 9.17) is 14.2 Å². The second kappa shape index (κ2) is 69.6. The van der Waals surface area contributed by atoms with Crippen LogP contribution >= 0.6 is 0 Å². The summed E-state index contributed by atoms with van der Waals surface area (Å²) in [5.74, 6) is -0.912. The molecule has 0 saturated carbocycles. The van der Waals surface area contributed by atoms with E-state index in [0.717, 1.165) is 83.5 Å². The molecule has 472 valence electrons. The average molecular weight is 1130 g/mol. The molecule has 0 aromatic rings. The normalized spacial score (nSPS) is 12.4. The van der Waals surface area contributed by atoms with Gasteiger partial charge in [-0.3, -0.25) is 14.4 Å². The van der Waals surface area contributed by atoms with Gasteiger partial charge >= 0.3 is 17.9 Å². The molecular formula is C75H136O6. The van der Waals surface area contributed by atoms with Crippen molar-refractivity contribution in [3.63, 3.8) is 0 Å². The molecule has 0 aliphatic rings. The first-order chi connectivity index (χ1) is 40.0. The Bertz CT molecular complexity index is 1440. The van der Waals surface area contributed by atoms with Gasteiger partial charge in [0.05, 0.1) is 0 Å². The van der Waals surface area contributed by atoms with Crippen molar-refractivity contribution < 1.29 is 28.6 Å². The van der Waals surface area contributed by atoms with Gasteiger partial charge in [-0.1, -0.05) is 338 Å². The fraction of sp³-hybridized carbons (Fsp3) is 0.827. The number of ether oxygens (including phenoxy) is 3. The van der Waals surface area contributed by atoms with Crippen LogP contribution in [-0.4, -0.2) is 37.2 Å².